The lowest BCUT2D eigenvalue weighted by Crippen LogP contribution is -2.51. The van der Waals surface area contributed by atoms with Crippen molar-refractivity contribution in [3.63, 3.8) is 0 Å². The van der Waals surface area contributed by atoms with E-state index in [1.165, 1.54) is 0 Å². The third-order valence-corrected chi connectivity index (χ3v) is 7.29. The molecule has 0 aromatic heterocycles. The molecule has 0 radical (unpaired) electrons. The van der Waals surface area contributed by atoms with Gasteiger partial charge >= 0.3 is 0 Å². The molecule has 3 N–H and O–H groups in total. The Morgan fingerprint density at radius 1 is 1.28 bits per heavy atom. The number of rotatable bonds is 3. The predicted molar refractivity (Wildman–Crippen MR) is 67.0 cm³/mol. The minimum atomic E-state index is -3.52. The van der Waals surface area contributed by atoms with E-state index in [2.05, 4.69) is 4.72 Å². The molecule has 0 aromatic carbocycles. The lowest BCUT2D eigenvalue weighted by atomic mass is 9.86. The summed E-state index contributed by atoms with van der Waals surface area (Å²) < 4.78 is 25.8. The number of nitrogens with one attached hydrogen (secondary N) is 1. The topological polar surface area (TPSA) is 89.3 Å². The van der Waals surface area contributed by atoms with Gasteiger partial charge in [-0.15, -0.1) is 0 Å². The van der Waals surface area contributed by atoms with Crippen molar-refractivity contribution >= 4 is 15.9 Å². The largest absolute Gasteiger partial charge is 0.327 e. The molecule has 5 nitrogen and oxygen atoms in total. The highest BCUT2D eigenvalue weighted by Gasteiger charge is 2.56. The van der Waals surface area contributed by atoms with Crippen LogP contribution in [0.2, 0.25) is 0 Å². The van der Waals surface area contributed by atoms with Crippen molar-refractivity contribution in [3.05, 3.63) is 0 Å². The van der Waals surface area contributed by atoms with Gasteiger partial charge in [-0.05, 0) is 44.4 Å². The van der Waals surface area contributed by atoms with Crippen LogP contribution in [-0.4, -0.2) is 25.1 Å². The van der Waals surface area contributed by atoms with E-state index in [0.29, 0.717) is 31.1 Å². The van der Waals surface area contributed by atoms with Crippen LogP contribution in [0.15, 0.2) is 0 Å². The average Bonchev–Trinajstić information content (AvgIpc) is 2.95. The van der Waals surface area contributed by atoms with Gasteiger partial charge in [-0.1, -0.05) is 6.42 Å². The number of carbonyl (C=O) groups excluding carboxylic acids is 1. The number of carbonyl (C=O) groups is 1. The van der Waals surface area contributed by atoms with Crippen LogP contribution in [0.4, 0.5) is 0 Å². The molecule has 3 aliphatic carbocycles. The standard InChI is InChI=1S/C12H20N2O3S/c1-12(3-2-4-12)18(16,17)14-11(15)9-6-10(13)8-5-7(8)9/h7-10H,2-6,13H2,1H3,(H,14,15)/t7-,8+,9-,10+/m1/s1. The summed E-state index contributed by atoms with van der Waals surface area (Å²) in [4.78, 5) is 12.1. The Balaban J connectivity index is 1.68. The van der Waals surface area contributed by atoms with Crippen molar-refractivity contribution in [2.24, 2.45) is 23.5 Å². The Bertz CT molecular complexity index is 484. The second-order valence-electron chi connectivity index (χ2n) is 6.34. The number of amides is 1. The first-order chi connectivity index (χ1) is 8.34. The molecule has 0 bridgehead atoms. The van der Waals surface area contributed by atoms with Gasteiger partial charge in [0.15, 0.2) is 0 Å². The fraction of sp³-hybridized carbons (Fsp3) is 0.917. The number of hydrogen-bond acceptors (Lipinski definition) is 4. The maximum absolute atomic E-state index is 12.1. The highest BCUT2D eigenvalue weighted by Crippen LogP contribution is 2.54. The molecule has 18 heavy (non-hydrogen) atoms. The van der Waals surface area contributed by atoms with Gasteiger partial charge in [0, 0.05) is 12.0 Å². The first-order valence-electron chi connectivity index (χ1n) is 6.66. The Labute approximate surface area is 108 Å². The quantitative estimate of drug-likeness (QED) is 0.776. The van der Waals surface area contributed by atoms with E-state index in [1.807, 2.05) is 0 Å². The monoisotopic (exact) mass is 272 g/mol. The van der Waals surface area contributed by atoms with Crippen molar-refractivity contribution < 1.29 is 13.2 Å². The molecule has 3 saturated carbocycles. The number of sulfonamides is 1. The van der Waals surface area contributed by atoms with Crippen LogP contribution in [0.5, 0.6) is 0 Å². The molecule has 0 heterocycles. The third-order valence-electron chi connectivity index (χ3n) is 5.12. The molecule has 3 rings (SSSR count). The summed E-state index contributed by atoms with van der Waals surface area (Å²) in [5.41, 5.74) is 5.91. The molecule has 6 heteroatoms. The Morgan fingerprint density at radius 2 is 1.94 bits per heavy atom. The molecule has 3 fully saturated rings. The SMILES string of the molecule is CC1(S(=O)(=O)NC(=O)[C@@H]2C[C@H](N)[C@H]3C[C@H]32)CCC1. The minimum absolute atomic E-state index is 0.0766. The highest BCUT2D eigenvalue weighted by atomic mass is 32.2. The summed E-state index contributed by atoms with van der Waals surface area (Å²) in [5, 5.41) is 0. The zero-order valence-electron chi connectivity index (χ0n) is 10.6. The maximum Gasteiger partial charge on any atom is 0.240 e. The van der Waals surface area contributed by atoms with Crippen LogP contribution in [0, 0.1) is 17.8 Å². The Morgan fingerprint density at radius 3 is 2.33 bits per heavy atom. The molecule has 0 spiro atoms. The van der Waals surface area contributed by atoms with E-state index < -0.39 is 14.8 Å². The normalized spacial score (nSPS) is 40.8. The van der Waals surface area contributed by atoms with Gasteiger partial charge in [-0.3, -0.25) is 9.52 Å². The second-order valence-corrected chi connectivity index (χ2v) is 8.54. The summed E-state index contributed by atoms with van der Waals surface area (Å²) >= 11 is 0. The fourth-order valence-electron chi connectivity index (χ4n) is 3.41. The zero-order valence-corrected chi connectivity index (χ0v) is 11.4. The average molecular weight is 272 g/mol. The maximum atomic E-state index is 12.1. The molecule has 0 saturated heterocycles. The van der Waals surface area contributed by atoms with Crippen LogP contribution in [0.1, 0.15) is 39.0 Å². The van der Waals surface area contributed by atoms with Gasteiger partial charge in [0.25, 0.3) is 0 Å². The Kier molecular flexibility index (Phi) is 2.55. The highest BCUT2D eigenvalue weighted by molar-refractivity contribution is 7.91. The van der Waals surface area contributed by atoms with Gasteiger partial charge in [0.05, 0.1) is 4.75 Å². The summed E-state index contributed by atoms with van der Waals surface area (Å²) in [7, 11) is -3.52. The van der Waals surface area contributed by atoms with Gasteiger partial charge in [-0.2, -0.15) is 0 Å². The first kappa shape index (κ1) is 12.4. The van der Waals surface area contributed by atoms with Gasteiger partial charge in [0.2, 0.25) is 15.9 Å². The van der Waals surface area contributed by atoms with E-state index in [0.717, 1.165) is 12.8 Å². The van der Waals surface area contributed by atoms with E-state index in [1.54, 1.807) is 6.92 Å². The second kappa shape index (κ2) is 3.70. The van der Waals surface area contributed by atoms with Crippen molar-refractivity contribution in [3.8, 4) is 0 Å². The van der Waals surface area contributed by atoms with Crippen LogP contribution < -0.4 is 10.5 Å². The summed E-state index contributed by atoms with van der Waals surface area (Å²) in [6.07, 6.45) is 3.83. The minimum Gasteiger partial charge on any atom is -0.327 e. The molecule has 0 aromatic rings. The number of fused-ring (bicyclic) bond motifs is 1. The fourth-order valence-corrected chi connectivity index (χ4v) is 4.90. The summed E-state index contributed by atoms with van der Waals surface area (Å²) in [6.45, 7) is 1.71. The molecular formula is C12H20N2O3S. The molecular weight excluding hydrogens is 252 g/mol. The predicted octanol–water partition coefficient (Wildman–Crippen LogP) is 0.358. The zero-order chi connectivity index (χ0) is 13.1. The van der Waals surface area contributed by atoms with Crippen LogP contribution in [0.3, 0.4) is 0 Å². The van der Waals surface area contributed by atoms with Gasteiger partial charge in [-0.25, -0.2) is 8.42 Å². The summed E-state index contributed by atoms with van der Waals surface area (Å²) in [6, 6.07) is 0.0766. The van der Waals surface area contributed by atoms with Crippen molar-refractivity contribution in [2.75, 3.05) is 0 Å². The molecule has 0 aliphatic heterocycles. The molecule has 0 unspecified atom stereocenters. The lowest BCUT2D eigenvalue weighted by Gasteiger charge is -2.37. The van der Waals surface area contributed by atoms with Crippen molar-refractivity contribution in [1.82, 2.24) is 4.72 Å². The molecule has 1 amide bonds. The number of nitrogens with two attached hydrogens (primary N) is 1. The first-order valence-corrected chi connectivity index (χ1v) is 8.14. The molecule has 4 atom stereocenters. The number of hydrogen-bond donors (Lipinski definition) is 2. The molecule has 102 valence electrons. The van der Waals surface area contributed by atoms with E-state index in [9.17, 15) is 13.2 Å². The molecule has 3 aliphatic rings. The van der Waals surface area contributed by atoms with Crippen molar-refractivity contribution in [2.45, 2.75) is 49.8 Å². The lowest BCUT2D eigenvalue weighted by molar-refractivity contribution is -0.123. The van der Waals surface area contributed by atoms with Crippen LogP contribution in [-0.2, 0) is 14.8 Å². The van der Waals surface area contributed by atoms with Gasteiger partial charge < -0.3 is 5.73 Å². The Hall–Kier alpha value is -0.620. The van der Waals surface area contributed by atoms with Gasteiger partial charge in [0.1, 0.15) is 0 Å². The van der Waals surface area contributed by atoms with Crippen LogP contribution in [0.25, 0.3) is 0 Å². The summed E-state index contributed by atoms with van der Waals surface area (Å²) in [5.74, 6) is 0.249. The van der Waals surface area contributed by atoms with E-state index in [-0.39, 0.29) is 17.9 Å². The van der Waals surface area contributed by atoms with E-state index >= 15 is 0 Å². The smallest absolute Gasteiger partial charge is 0.240 e. The van der Waals surface area contributed by atoms with Crippen molar-refractivity contribution in [1.29, 1.82) is 0 Å². The van der Waals surface area contributed by atoms with Crippen LogP contribution >= 0.6 is 0 Å². The third kappa shape index (κ3) is 1.69. The van der Waals surface area contributed by atoms with E-state index in [4.69, 9.17) is 5.73 Å².